The predicted octanol–water partition coefficient (Wildman–Crippen LogP) is 3.28. The summed E-state index contributed by atoms with van der Waals surface area (Å²) in [6.45, 7) is 9.40. The maximum absolute atomic E-state index is 13.3. The lowest BCUT2D eigenvalue weighted by Gasteiger charge is -2.23. The number of nitrogen functional groups attached to an aromatic ring is 1. The zero-order valence-corrected chi connectivity index (χ0v) is 11.0. The number of benzene rings is 1. The van der Waals surface area contributed by atoms with Crippen molar-refractivity contribution >= 4 is 5.69 Å². The standard InChI is InChI=1S/C14H23FN2/c1-4-11(3)9-17(5-2)10-12-6-7-14(16)13(15)8-12/h6-8,11H,4-5,9-10,16H2,1-3H3. The summed E-state index contributed by atoms with van der Waals surface area (Å²) in [7, 11) is 0. The fraction of sp³-hybridized carbons (Fsp3) is 0.571. The van der Waals surface area contributed by atoms with Crippen molar-refractivity contribution in [3.8, 4) is 0 Å². The second kappa shape index (κ2) is 6.60. The van der Waals surface area contributed by atoms with E-state index >= 15 is 0 Å². The summed E-state index contributed by atoms with van der Waals surface area (Å²) in [4.78, 5) is 2.33. The molecule has 1 aromatic carbocycles. The fourth-order valence-electron chi connectivity index (χ4n) is 1.80. The Balaban J connectivity index is 2.63. The molecule has 17 heavy (non-hydrogen) atoms. The van der Waals surface area contributed by atoms with Crippen molar-refractivity contribution in [2.45, 2.75) is 33.7 Å². The molecule has 0 fully saturated rings. The molecule has 0 aliphatic rings. The molecular weight excluding hydrogens is 215 g/mol. The van der Waals surface area contributed by atoms with Gasteiger partial charge in [0.15, 0.2) is 0 Å². The molecule has 2 nitrogen and oxygen atoms in total. The Morgan fingerprint density at radius 2 is 2.06 bits per heavy atom. The highest BCUT2D eigenvalue weighted by Gasteiger charge is 2.09. The first-order valence-electron chi connectivity index (χ1n) is 6.33. The quantitative estimate of drug-likeness (QED) is 0.771. The van der Waals surface area contributed by atoms with Gasteiger partial charge in [-0.15, -0.1) is 0 Å². The summed E-state index contributed by atoms with van der Waals surface area (Å²) in [5.41, 5.74) is 6.67. The van der Waals surface area contributed by atoms with Crippen molar-refractivity contribution in [2.24, 2.45) is 5.92 Å². The Kier molecular flexibility index (Phi) is 5.42. The van der Waals surface area contributed by atoms with Gasteiger partial charge in [0.2, 0.25) is 0 Å². The van der Waals surface area contributed by atoms with Gasteiger partial charge in [-0.2, -0.15) is 0 Å². The molecule has 1 unspecified atom stereocenters. The number of anilines is 1. The van der Waals surface area contributed by atoms with E-state index in [4.69, 9.17) is 5.73 Å². The van der Waals surface area contributed by atoms with Crippen LogP contribution >= 0.6 is 0 Å². The number of halogens is 1. The van der Waals surface area contributed by atoms with E-state index in [-0.39, 0.29) is 11.5 Å². The SMILES string of the molecule is CCC(C)CN(CC)Cc1ccc(N)c(F)c1. The van der Waals surface area contributed by atoms with Gasteiger partial charge in [-0.1, -0.05) is 33.3 Å². The third-order valence-electron chi connectivity index (χ3n) is 3.19. The maximum atomic E-state index is 13.3. The monoisotopic (exact) mass is 238 g/mol. The second-order valence-corrected chi connectivity index (χ2v) is 4.70. The summed E-state index contributed by atoms with van der Waals surface area (Å²) in [5, 5.41) is 0. The molecule has 1 rings (SSSR count). The second-order valence-electron chi connectivity index (χ2n) is 4.70. The average Bonchev–Trinajstić information content (AvgIpc) is 2.32. The minimum absolute atomic E-state index is 0.221. The summed E-state index contributed by atoms with van der Waals surface area (Å²) in [6.07, 6.45) is 1.17. The first-order chi connectivity index (χ1) is 8.06. The van der Waals surface area contributed by atoms with Crippen LogP contribution in [0.4, 0.5) is 10.1 Å². The van der Waals surface area contributed by atoms with Crippen LogP contribution in [0.25, 0.3) is 0 Å². The van der Waals surface area contributed by atoms with Gasteiger partial charge >= 0.3 is 0 Å². The molecule has 0 radical (unpaired) electrons. The van der Waals surface area contributed by atoms with Crippen LogP contribution in [0.15, 0.2) is 18.2 Å². The molecule has 2 N–H and O–H groups in total. The maximum Gasteiger partial charge on any atom is 0.146 e. The highest BCUT2D eigenvalue weighted by atomic mass is 19.1. The molecule has 0 heterocycles. The Morgan fingerprint density at radius 3 is 2.59 bits per heavy atom. The van der Waals surface area contributed by atoms with Crippen LogP contribution in [0.3, 0.4) is 0 Å². The minimum atomic E-state index is -0.318. The molecule has 0 aromatic heterocycles. The lowest BCUT2D eigenvalue weighted by atomic mass is 10.1. The van der Waals surface area contributed by atoms with Crippen molar-refractivity contribution in [1.29, 1.82) is 0 Å². The van der Waals surface area contributed by atoms with Crippen LogP contribution in [-0.4, -0.2) is 18.0 Å². The van der Waals surface area contributed by atoms with Crippen molar-refractivity contribution in [3.05, 3.63) is 29.6 Å². The van der Waals surface area contributed by atoms with Crippen LogP contribution in [0, 0.1) is 11.7 Å². The van der Waals surface area contributed by atoms with Gasteiger partial charge in [0.25, 0.3) is 0 Å². The summed E-state index contributed by atoms with van der Waals surface area (Å²) < 4.78 is 13.3. The van der Waals surface area contributed by atoms with E-state index in [1.807, 2.05) is 6.07 Å². The summed E-state index contributed by atoms with van der Waals surface area (Å²) in [5.74, 6) is 0.357. The van der Waals surface area contributed by atoms with E-state index in [1.54, 1.807) is 6.07 Å². The van der Waals surface area contributed by atoms with E-state index in [2.05, 4.69) is 25.7 Å². The number of hydrogen-bond donors (Lipinski definition) is 1. The van der Waals surface area contributed by atoms with Gasteiger partial charge < -0.3 is 5.73 Å². The lowest BCUT2D eigenvalue weighted by Crippen LogP contribution is -2.27. The van der Waals surface area contributed by atoms with E-state index in [0.717, 1.165) is 25.2 Å². The van der Waals surface area contributed by atoms with Crippen LogP contribution in [0.1, 0.15) is 32.8 Å². The van der Waals surface area contributed by atoms with Crippen molar-refractivity contribution in [3.63, 3.8) is 0 Å². The topological polar surface area (TPSA) is 29.3 Å². The van der Waals surface area contributed by atoms with Gasteiger partial charge in [-0.05, 0) is 30.2 Å². The molecule has 0 aliphatic carbocycles. The smallest absolute Gasteiger partial charge is 0.146 e. The van der Waals surface area contributed by atoms with Gasteiger partial charge in [-0.25, -0.2) is 4.39 Å². The molecule has 1 atom stereocenters. The van der Waals surface area contributed by atoms with E-state index in [1.165, 1.54) is 12.5 Å². The minimum Gasteiger partial charge on any atom is -0.396 e. The van der Waals surface area contributed by atoms with Gasteiger partial charge in [0.05, 0.1) is 5.69 Å². The number of nitrogens with zero attached hydrogens (tertiary/aromatic N) is 1. The van der Waals surface area contributed by atoms with Gasteiger partial charge in [0, 0.05) is 13.1 Å². The molecule has 0 saturated carbocycles. The van der Waals surface area contributed by atoms with Crippen LogP contribution in [-0.2, 0) is 6.54 Å². The Labute approximate surface area is 104 Å². The highest BCUT2D eigenvalue weighted by molar-refractivity contribution is 5.41. The van der Waals surface area contributed by atoms with Crippen LogP contribution < -0.4 is 5.73 Å². The first-order valence-corrected chi connectivity index (χ1v) is 6.33. The van der Waals surface area contributed by atoms with Crippen molar-refractivity contribution in [2.75, 3.05) is 18.8 Å². The molecule has 0 saturated heterocycles. The summed E-state index contributed by atoms with van der Waals surface area (Å²) >= 11 is 0. The zero-order valence-electron chi connectivity index (χ0n) is 11.0. The van der Waals surface area contributed by atoms with E-state index < -0.39 is 0 Å². The largest absolute Gasteiger partial charge is 0.396 e. The highest BCUT2D eigenvalue weighted by Crippen LogP contribution is 2.14. The van der Waals surface area contributed by atoms with Crippen LogP contribution in [0.5, 0.6) is 0 Å². The van der Waals surface area contributed by atoms with Crippen molar-refractivity contribution < 1.29 is 4.39 Å². The third kappa shape index (κ3) is 4.35. The molecule has 0 aliphatic heterocycles. The normalized spacial score (nSPS) is 13.0. The third-order valence-corrected chi connectivity index (χ3v) is 3.19. The zero-order chi connectivity index (χ0) is 12.8. The number of hydrogen-bond acceptors (Lipinski definition) is 2. The number of rotatable bonds is 6. The molecule has 3 heteroatoms. The predicted molar refractivity (Wildman–Crippen MR) is 71.2 cm³/mol. The average molecular weight is 238 g/mol. The lowest BCUT2D eigenvalue weighted by molar-refractivity contribution is 0.238. The molecule has 96 valence electrons. The van der Waals surface area contributed by atoms with Gasteiger partial charge in [-0.3, -0.25) is 4.90 Å². The van der Waals surface area contributed by atoms with Crippen LogP contribution in [0.2, 0.25) is 0 Å². The van der Waals surface area contributed by atoms with Gasteiger partial charge in [0.1, 0.15) is 5.82 Å². The molecule has 0 spiro atoms. The molecule has 0 amide bonds. The Morgan fingerprint density at radius 1 is 1.35 bits per heavy atom. The Hall–Kier alpha value is -1.09. The summed E-state index contributed by atoms with van der Waals surface area (Å²) in [6, 6.07) is 5.08. The Bertz CT molecular complexity index is 352. The molecule has 1 aromatic rings. The van der Waals surface area contributed by atoms with E-state index in [0.29, 0.717) is 5.92 Å². The molecule has 0 bridgehead atoms. The fourth-order valence-corrected chi connectivity index (χ4v) is 1.80. The first kappa shape index (κ1) is 14.0. The van der Waals surface area contributed by atoms with E-state index in [9.17, 15) is 4.39 Å². The van der Waals surface area contributed by atoms with Crippen molar-refractivity contribution in [1.82, 2.24) is 4.90 Å². The number of nitrogens with two attached hydrogens (primary N) is 1. The molecular formula is C14H23FN2.